The van der Waals surface area contributed by atoms with Gasteiger partial charge in [0, 0.05) is 25.8 Å². The van der Waals surface area contributed by atoms with Gasteiger partial charge in [-0.3, -0.25) is 4.79 Å². The molecule has 0 bridgehead atoms. The zero-order valence-corrected chi connectivity index (χ0v) is 15.2. The molecule has 1 N–H and O–H groups in total. The number of pyridine rings is 1. The van der Waals surface area contributed by atoms with E-state index in [9.17, 15) is 4.79 Å². The smallest absolute Gasteiger partial charge is 0.271 e. The Morgan fingerprint density at radius 3 is 2.42 bits per heavy atom. The van der Waals surface area contributed by atoms with E-state index in [1.807, 2.05) is 0 Å². The molecule has 24 heavy (non-hydrogen) atoms. The Labute approximate surface area is 148 Å². The molecule has 1 aliphatic rings. The third-order valence-corrected chi connectivity index (χ3v) is 4.96. The van der Waals surface area contributed by atoms with Crippen molar-refractivity contribution < 1.29 is 4.79 Å². The van der Waals surface area contributed by atoms with Gasteiger partial charge in [0.05, 0.1) is 15.7 Å². The third kappa shape index (κ3) is 4.62. The summed E-state index contributed by atoms with van der Waals surface area (Å²) in [6, 6.07) is 5.49. The summed E-state index contributed by atoms with van der Waals surface area (Å²) in [6.45, 7) is 4.57. The fourth-order valence-corrected chi connectivity index (χ4v) is 3.36. The van der Waals surface area contributed by atoms with Gasteiger partial charge in [-0.2, -0.15) is 0 Å². The second-order valence-corrected chi connectivity index (χ2v) is 7.48. The van der Waals surface area contributed by atoms with Gasteiger partial charge < -0.3 is 10.2 Å². The summed E-state index contributed by atoms with van der Waals surface area (Å²) < 4.78 is 0. The molecule has 1 aromatic heterocycles. The number of carbonyl (C=O) groups is 1. The van der Waals surface area contributed by atoms with Crippen LogP contribution in [0.15, 0.2) is 18.2 Å². The summed E-state index contributed by atoms with van der Waals surface area (Å²) in [5, 5.41) is 2.10. The van der Waals surface area contributed by atoms with Gasteiger partial charge in [0.15, 0.2) is 0 Å². The highest BCUT2D eigenvalue weighted by Crippen LogP contribution is 2.31. The van der Waals surface area contributed by atoms with E-state index in [2.05, 4.69) is 24.1 Å². The fourth-order valence-electron chi connectivity index (χ4n) is 3.36. The largest absolute Gasteiger partial charge is 0.343 e. The second-order valence-electron chi connectivity index (χ2n) is 7.48. The molecular weight excluding hydrogens is 296 g/mol. The van der Waals surface area contributed by atoms with E-state index in [4.69, 9.17) is 15.7 Å². The van der Waals surface area contributed by atoms with Crippen molar-refractivity contribution in [2.75, 3.05) is 14.1 Å². The molecule has 2 rings (SSSR count). The molecule has 0 atom stereocenters. The highest BCUT2D eigenvalue weighted by molar-refractivity contribution is 6.39. The lowest BCUT2D eigenvalue weighted by atomic mass is 9.59. The number of aromatic nitrogens is 1. The topological polar surface area (TPSA) is 45.2 Å². The zero-order valence-electron chi connectivity index (χ0n) is 15.2. The predicted octanol–water partition coefficient (Wildman–Crippen LogP) is 2.04. The van der Waals surface area contributed by atoms with Crippen LogP contribution in [-0.2, 0) is 5.34 Å². The second kappa shape index (κ2) is 7.73. The molecule has 4 radical (unpaired) electrons. The van der Waals surface area contributed by atoms with Crippen LogP contribution in [0.5, 0.6) is 0 Å². The zero-order chi connectivity index (χ0) is 17.9. The van der Waals surface area contributed by atoms with E-state index in [1.54, 1.807) is 32.3 Å². The normalized spacial score (nSPS) is 21.7. The van der Waals surface area contributed by atoms with Crippen molar-refractivity contribution in [1.29, 1.82) is 0 Å². The van der Waals surface area contributed by atoms with Crippen molar-refractivity contribution in [3.63, 3.8) is 0 Å². The first-order valence-electron chi connectivity index (χ1n) is 8.75. The summed E-state index contributed by atoms with van der Waals surface area (Å²) in [5.41, 5.74) is 0.837. The standard InChI is InChI=1S/C18H27B2N3O/c1-12(2)13-8-10-14(11-9-13)22-18(19,20)16-7-5-6-15(21-16)17(24)23(3)4/h5-7,12-14,22H,8-11H2,1-4H3. The summed E-state index contributed by atoms with van der Waals surface area (Å²) in [7, 11) is 16.0. The van der Waals surface area contributed by atoms with Crippen molar-refractivity contribution in [3.05, 3.63) is 29.6 Å². The maximum Gasteiger partial charge on any atom is 0.271 e. The van der Waals surface area contributed by atoms with Crippen LogP contribution in [-0.4, -0.2) is 51.6 Å². The van der Waals surface area contributed by atoms with Crippen LogP contribution in [0.1, 0.15) is 55.7 Å². The van der Waals surface area contributed by atoms with Crippen molar-refractivity contribution in [3.8, 4) is 0 Å². The Balaban J connectivity index is 2.05. The van der Waals surface area contributed by atoms with Gasteiger partial charge in [-0.15, -0.1) is 0 Å². The lowest BCUT2D eigenvalue weighted by molar-refractivity contribution is 0.0821. The van der Waals surface area contributed by atoms with Crippen LogP contribution < -0.4 is 5.32 Å². The molecule has 1 aliphatic carbocycles. The molecule has 1 fully saturated rings. The summed E-state index contributed by atoms with van der Waals surface area (Å²) in [6.07, 6.45) is 4.51. The molecule has 0 spiro atoms. The molecule has 1 aromatic rings. The van der Waals surface area contributed by atoms with Gasteiger partial charge in [-0.25, -0.2) is 4.98 Å². The fraction of sp³-hybridized carbons (Fsp3) is 0.667. The van der Waals surface area contributed by atoms with Gasteiger partial charge >= 0.3 is 0 Å². The molecular formula is C18H27B2N3O. The van der Waals surface area contributed by atoms with Gasteiger partial charge in [-0.05, 0) is 55.0 Å². The minimum absolute atomic E-state index is 0.162. The first-order chi connectivity index (χ1) is 11.2. The molecule has 1 saturated carbocycles. The lowest BCUT2D eigenvalue weighted by Gasteiger charge is -2.37. The maximum atomic E-state index is 12.1. The maximum absolute atomic E-state index is 12.1. The van der Waals surface area contributed by atoms with Crippen LogP contribution in [0.25, 0.3) is 0 Å². The molecule has 0 aliphatic heterocycles. The van der Waals surface area contributed by atoms with Crippen molar-refractivity contribution in [1.82, 2.24) is 15.2 Å². The Hall–Kier alpha value is -1.29. The Kier molecular flexibility index (Phi) is 6.13. The van der Waals surface area contributed by atoms with Crippen LogP contribution >= 0.6 is 0 Å². The highest BCUT2D eigenvalue weighted by Gasteiger charge is 2.29. The SMILES string of the molecule is [B]C([B])(NC1CCC(C(C)C)CC1)c1cccc(C(=O)N(C)C)n1. The summed E-state index contributed by atoms with van der Waals surface area (Å²) in [5.74, 6) is 1.35. The molecule has 1 amide bonds. The molecule has 0 aromatic carbocycles. The first-order valence-corrected chi connectivity index (χ1v) is 8.75. The molecule has 1 heterocycles. The number of amides is 1. The van der Waals surface area contributed by atoms with Gasteiger partial charge in [-0.1, -0.05) is 19.9 Å². The van der Waals surface area contributed by atoms with E-state index in [0.717, 1.165) is 24.7 Å². The molecule has 4 nitrogen and oxygen atoms in total. The molecule has 126 valence electrons. The van der Waals surface area contributed by atoms with E-state index in [-0.39, 0.29) is 11.9 Å². The van der Waals surface area contributed by atoms with Gasteiger partial charge in [0.2, 0.25) is 0 Å². The van der Waals surface area contributed by atoms with Crippen LogP contribution in [0.4, 0.5) is 0 Å². The average molecular weight is 323 g/mol. The average Bonchev–Trinajstić information content (AvgIpc) is 2.54. The minimum Gasteiger partial charge on any atom is -0.343 e. The quantitative estimate of drug-likeness (QED) is 0.844. The van der Waals surface area contributed by atoms with E-state index in [0.29, 0.717) is 11.4 Å². The van der Waals surface area contributed by atoms with E-state index in [1.165, 1.54) is 17.7 Å². The number of nitrogens with zero attached hydrogens (tertiary/aromatic N) is 2. The molecule has 6 heteroatoms. The van der Waals surface area contributed by atoms with Crippen molar-refractivity contribution in [2.24, 2.45) is 11.8 Å². The van der Waals surface area contributed by atoms with Crippen LogP contribution in [0, 0.1) is 11.8 Å². The number of hydrogen-bond donors (Lipinski definition) is 1. The monoisotopic (exact) mass is 323 g/mol. The third-order valence-electron chi connectivity index (χ3n) is 4.96. The van der Waals surface area contributed by atoms with Crippen molar-refractivity contribution in [2.45, 2.75) is 50.9 Å². The van der Waals surface area contributed by atoms with Crippen molar-refractivity contribution >= 4 is 21.6 Å². The summed E-state index contributed by atoms with van der Waals surface area (Å²) in [4.78, 5) is 17.9. The summed E-state index contributed by atoms with van der Waals surface area (Å²) >= 11 is 0. The minimum atomic E-state index is -1.24. The van der Waals surface area contributed by atoms with E-state index >= 15 is 0 Å². The Morgan fingerprint density at radius 1 is 1.25 bits per heavy atom. The first kappa shape index (κ1) is 19.0. The van der Waals surface area contributed by atoms with Crippen LogP contribution in [0.2, 0.25) is 0 Å². The Morgan fingerprint density at radius 2 is 1.88 bits per heavy atom. The number of carbonyl (C=O) groups excluding carboxylic acids is 1. The lowest BCUT2D eigenvalue weighted by Crippen LogP contribution is -2.51. The van der Waals surface area contributed by atoms with Gasteiger partial charge in [0.25, 0.3) is 5.91 Å². The van der Waals surface area contributed by atoms with E-state index < -0.39 is 5.34 Å². The van der Waals surface area contributed by atoms with Gasteiger partial charge in [0.1, 0.15) is 5.69 Å². The predicted molar refractivity (Wildman–Crippen MR) is 99.2 cm³/mol. The molecule has 0 unspecified atom stereocenters. The number of hydrogen-bond acceptors (Lipinski definition) is 3. The Bertz CT molecular complexity index is 567. The van der Waals surface area contributed by atoms with Crippen LogP contribution in [0.3, 0.4) is 0 Å². The number of rotatable bonds is 5. The molecule has 0 saturated heterocycles. The number of nitrogens with one attached hydrogen (secondary N) is 1. The highest BCUT2D eigenvalue weighted by atomic mass is 16.2.